The third-order valence-corrected chi connectivity index (χ3v) is 3.58. The number of piperazine rings is 1. The van der Waals surface area contributed by atoms with Crippen LogP contribution in [0.25, 0.3) is 0 Å². The zero-order valence-electron chi connectivity index (χ0n) is 11.8. The second kappa shape index (κ2) is 5.84. The Hall–Kier alpha value is -2.90. The van der Waals surface area contributed by atoms with Crippen LogP contribution >= 0.6 is 0 Å². The number of hydrogen-bond acceptors (Lipinski definition) is 4. The molecule has 2 N–H and O–H groups in total. The molecule has 0 spiro atoms. The summed E-state index contributed by atoms with van der Waals surface area (Å²) in [5.41, 5.74) is 0.392. The third kappa shape index (κ3) is 2.76. The Kier molecular flexibility index (Phi) is 3.73. The minimum atomic E-state index is -0.349. The van der Waals surface area contributed by atoms with Crippen LogP contribution in [0.1, 0.15) is 21.0 Å². The van der Waals surface area contributed by atoms with Crippen LogP contribution in [0.2, 0.25) is 0 Å². The van der Waals surface area contributed by atoms with E-state index in [4.69, 9.17) is 0 Å². The zero-order chi connectivity index (χ0) is 15.5. The fourth-order valence-electron chi connectivity index (χ4n) is 2.37. The largest absolute Gasteiger partial charge is 0.357 e. The van der Waals surface area contributed by atoms with Crippen LogP contribution in [-0.4, -0.2) is 63.0 Å². The lowest BCUT2D eigenvalue weighted by atomic mass is 10.2. The minimum Gasteiger partial charge on any atom is -0.357 e. The molecule has 1 aliphatic heterocycles. The maximum absolute atomic E-state index is 12.2. The van der Waals surface area contributed by atoms with E-state index >= 15 is 0 Å². The molecule has 22 heavy (non-hydrogen) atoms. The summed E-state index contributed by atoms with van der Waals surface area (Å²) in [4.78, 5) is 41.6. The molecular formula is C14H15N5O3. The van der Waals surface area contributed by atoms with E-state index in [0.717, 1.165) is 0 Å². The highest BCUT2D eigenvalue weighted by molar-refractivity contribution is 5.94. The van der Waals surface area contributed by atoms with Crippen molar-refractivity contribution in [3.05, 3.63) is 52.2 Å². The average Bonchev–Trinajstić information content (AvgIpc) is 3.09. The van der Waals surface area contributed by atoms with Gasteiger partial charge in [-0.25, -0.2) is 5.10 Å². The van der Waals surface area contributed by atoms with Gasteiger partial charge in [0, 0.05) is 38.4 Å². The highest BCUT2D eigenvalue weighted by atomic mass is 16.2. The van der Waals surface area contributed by atoms with Crippen LogP contribution in [0.15, 0.2) is 35.3 Å². The van der Waals surface area contributed by atoms with E-state index in [1.807, 2.05) is 0 Å². The fraction of sp³-hybridized carbons (Fsp3) is 0.286. The summed E-state index contributed by atoms with van der Waals surface area (Å²) in [6.07, 6.45) is 1.70. The number of amides is 2. The maximum atomic E-state index is 12.2. The molecule has 3 rings (SSSR count). The Morgan fingerprint density at radius 3 is 2.23 bits per heavy atom. The van der Waals surface area contributed by atoms with Gasteiger partial charge in [-0.3, -0.25) is 14.4 Å². The molecule has 0 saturated carbocycles. The van der Waals surface area contributed by atoms with Crippen molar-refractivity contribution in [2.45, 2.75) is 0 Å². The van der Waals surface area contributed by atoms with Gasteiger partial charge in [-0.1, -0.05) is 0 Å². The molecule has 8 nitrogen and oxygen atoms in total. The molecular weight excluding hydrogens is 286 g/mol. The van der Waals surface area contributed by atoms with Crippen molar-refractivity contribution in [1.82, 2.24) is 25.0 Å². The number of carbonyl (C=O) groups is 2. The molecule has 114 valence electrons. The lowest BCUT2D eigenvalue weighted by Gasteiger charge is -2.34. The van der Waals surface area contributed by atoms with Gasteiger partial charge in [-0.2, -0.15) is 5.10 Å². The van der Waals surface area contributed by atoms with Crippen LogP contribution in [0.5, 0.6) is 0 Å². The van der Waals surface area contributed by atoms with Crippen molar-refractivity contribution in [3.8, 4) is 0 Å². The maximum Gasteiger partial charge on any atom is 0.274 e. The van der Waals surface area contributed by atoms with Gasteiger partial charge in [0.15, 0.2) is 0 Å². The van der Waals surface area contributed by atoms with Gasteiger partial charge in [0.1, 0.15) is 11.4 Å². The van der Waals surface area contributed by atoms with Gasteiger partial charge in [0.05, 0.1) is 0 Å². The summed E-state index contributed by atoms with van der Waals surface area (Å²) in [6, 6.07) is 6.17. The Bertz CT molecular complexity index is 709. The van der Waals surface area contributed by atoms with Crippen molar-refractivity contribution >= 4 is 11.8 Å². The van der Waals surface area contributed by atoms with Gasteiger partial charge in [-0.15, -0.1) is 0 Å². The van der Waals surface area contributed by atoms with Gasteiger partial charge >= 0.3 is 0 Å². The van der Waals surface area contributed by atoms with E-state index in [9.17, 15) is 14.4 Å². The summed E-state index contributed by atoms with van der Waals surface area (Å²) in [5, 5.41) is 5.98. The quantitative estimate of drug-likeness (QED) is 0.794. The standard InChI is InChI=1S/C14H15N5O3/c20-12-4-3-11(16-17-12)14(22)19-8-6-18(7-9-19)13(21)10-2-1-5-15-10/h1-5,15H,6-9H2,(H,17,20). The molecule has 0 atom stereocenters. The second-order valence-corrected chi connectivity index (χ2v) is 4.97. The normalized spacial score (nSPS) is 14.9. The van der Waals surface area contributed by atoms with Crippen LogP contribution in [0, 0.1) is 0 Å². The predicted molar refractivity (Wildman–Crippen MR) is 77.5 cm³/mol. The lowest BCUT2D eigenvalue weighted by molar-refractivity contribution is 0.0529. The lowest BCUT2D eigenvalue weighted by Crippen LogP contribution is -2.50. The van der Waals surface area contributed by atoms with Crippen LogP contribution in [-0.2, 0) is 0 Å². The van der Waals surface area contributed by atoms with Crippen molar-refractivity contribution in [1.29, 1.82) is 0 Å². The van der Waals surface area contributed by atoms with E-state index in [2.05, 4.69) is 15.2 Å². The number of rotatable bonds is 2. The fourth-order valence-corrected chi connectivity index (χ4v) is 2.37. The predicted octanol–water partition coefficient (Wildman–Crippen LogP) is -0.304. The minimum absolute atomic E-state index is 0.0701. The highest BCUT2D eigenvalue weighted by Gasteiger charge is 2.26. The summed E-state index contributed by atoms with van der Waals surface area (Å²) in [7, 11) is 0. The molecule has 0 aliphatic carbocycles. The summed E-state index contributed by atoms with van der Waals surface area (Å²) in [5.74, 6) is -0.317. The number of hydrogen-bond donors (Lipinski definition) is 2. The molecule has 0 bridgehead atoms. The number of aromatic nitrogens is 3. The molecule has 2 aromatic rings. The summed E-state index contributed by atoms with van der Waals surface area (Å²) >= 11 is 0. The number of aromatic amines is 2. The molecule has 0 radical (unpaired) electrons. The third-order valence-electron chi connectivity index (χ3n) is 3.58. The van der Waals surface area contributed by atoms with E-state index in [1.54, 1.807) is 28.1 Å². The highest BCUT2D eigenvalue weighted by Crippen LogP contribution is 2.09. The van der Waals surface area contributed by atoms with Crippen LogP contribution in [0.4, 0.5) is 0 Å². The molecule has 3 heterocycles. The monoisotopic (exact) mass is 301 g/mol. The summed E-state index contributed by atoms with van der Waals surface area (Å²) < 4.78 is 0. The van der Waals surface area contributed by atoms with E-state index in [0.29, 0.717) is 31.9 Å². The van der Waals surface area contributed by atoms with Gasteiger partial charge in [-0.05, 0) is 18.2 Å². The first kappa shape index (κ1) is 14.1. The van der Waals surface area contributed by atoms with Gasteiger partial charge in [0.25, 0.3) is 17.4 Å². The smallest absolute Gasteiger partial charge is 0.274 e. The van der Waals surface area contributed by atoms with Gasteiger partial charge < -0.3 is 14.8 Å². The van der Waals surface area contributed by atoms with Crippen molar-refractivity contribution in [2.75, 3.05) is 26.2 Å². The molecule has 0 unspecified atom stereocenters. The Labute approximate surface area is 125 Å². The van der Waals surface area contributed by atoms with Gasteiger partial charge in [0.2, 0.25) is 0 Å². The van der Waals surface area contributed by atoms with Crippen LogP contribution < -0.4 is 5.56 Å². The Morgan fingerprint density at radius 1 is 1.00 bits per heavy atom. The number of nitrogens with zero attached hydrogens (tertiary/aromatic N) is 3. The first-order valence-electron chi connectivity index (χ1n) is 6.93. The van der Waals surface area contributed by atoms with Crippen LogP contribution in [0.3, 0.4) is 0 Å². The van der Waals surface area contributed by atoms with E-state index in [-0.39, 0.29) is 23.1 Å². The Balaban J connectivity index is 1.62. The topological polar surface area (TPSA) is 102 Å². The molecule has 0 aromatic carbocycles. The van der Waals surface area contributed by atoms with Crippen molar-refractivity contribution in [2.24, 2.45) is 0 Å². The first-order valence-corrected chi connectivity index (χ1v) is 6.93. The first-order chi connectivity index (χ1) is 10.6. The number of H-pyrrole nitrogens is 2. The molecule has 2 amide bonds. The molecule has 1 aliphatic rings. The Morgan fingerprint density at radius 2 is 1.68 bits per heavy atom. The molecule has 2 aromatic heterocycles. The second-order valence-electron chi connectivity index (χ2n) is 4.97. The number of nitrogens with one attached hydrogen (secondary N) is 2. The summed E-state index contributed by atoms with van der Waals surface area (Å²) in [6.45, 7) is 1.80. The molecule has 1 fully saturated rings. The van der Waals surface area contributed by atoms with E-state index < -0.39 is 0 Å². The molecule has 8 heteroatoms. The molecule has 1 saturated heterocycles. The SMILES string of the molecule is O=C(c1ccc(=O)[nH]n1)N1CCN(C(=O)c2ccc[nH]2)CC1. The number of carbonyl (C=O) groups excluding carboxylic acids is 2. The van der Waals surface area contributed by atoms with Crippen molar-refractivity contribution < 1.29 is 9.59 Å². The van der Waals surface area contributed by atoms with E-state index in [1.165, 1.54) is 12.1 Å². The average molecular weight is 301 g/mol. The zero-order valence-corrected chi connectivity index (χ0v) is 11.8. The van der Waals surface area contributed by atoms with Crippen molar-refractivity contribution in [3.63, 3.8) is 0 Å².